The quantitative estimate of drug-likeness (QED) is 0.740. The van der Waals surface area contributed by atoms with Gasteiger partial charge in [-0.05, 0) is 36.6 Å². The van der Waals surface area contributed by atoms with Crippen LogP contribution in [0.1, 0.15) is 18.4 Å². The number of nitrogens with zero attached hydrogens (tertiary/aromatic N) is 1. The number of ether oxygens (including phenoxy) is 2. The highest BCUT2D eigenvalue weighted by Gasteiger charge is 2.33. The third kappa shape index (κ3) is 4.29. The van der Waals surface area contributed by atoms with Gasteiger partial charge in [0.2, 0.25) is 10.0 Å². The summed E-state index contributed by atoms with van der Waals surface area (Å²) < 4.78 is 36.9. The van der Waals surface area contributed by atoms with Gasteiger partial charge < -0.3 is 14.6 Å². The molecule has 0 amide bonds. The standard InChI is InChI=1S/C16H21NO7S/c1-23-13-3-4-14(12(9-13)10-15(18)24-2)25(21,22)17-7-5-11(6-8-17)16(19)20/h3-4,9,11H,5-8,10H2,1-2H3,(H,19,20). The maximum Gasteiger partial charge on any atom is 0.310 e. The summed E-state index contributed by atoms with van der Waals surface area (Å²) in [6.07, 6.45) is 0.321. The van der Waals surface area contributed by atoms with Gasteiger partial charge in [0.1, 0.15) is 5.75 Å². The number of sulfonamides is 1. The molecule has 1 fully saturated rings. The Hall–Kier alpha value is -2.13. The SMILES string of the molecule is COC(=O)Cc1cc(OC)ccc1S(=O)(=O)N1CCC(C(=O)O)CC1. The van der Waals surface area contributed by atoms with Gasteiger partial charge in [-0.1, -0.05) is 0 Å². The van der Waals surface area contributed by atoms with Crippen molar-refractivity contribution in [3.8, 4) is 5.75 Å². The summed E-state index contributed by atoms with van der Waals surface area (Å²) in [5.74, 6) is -1.57. The molecule has 0 bridgehead atoms. The average molecular weight is 371 g/mol. The molecule has 8 nitrogen and oxygen atoms in total. The fourth-order valence-corrected chi connectivity index (χ4v) is 4.45. The van der Waals surface area contributed by atoms with Gasteiger partial charge >= 0.3 is 11.9 Å². The largest absolute Gasteiger partial charge is 0.497 e. The van der Waals surface area contributed by atoms with Crippen molar-refractivity contribution in [2.45, 2.75) is 24.2 Å². The van der Waals surface area contributed by atoms with E-state index in [0.717, 1.165) is 0 Å². The fourth-order valence-electron chi connectivity index (χ4n) is 2.78. The van der Waals surface area contributed by atoms with E-state index >= 15 is 0 Å². The molecule has 138 valence electrons. The van der Waals surface area contributed by atoms with Crippen LogP contribution < -0.4 is 4.74 Å². The molecule has 9 heteroatoms. The Kier molecular flexibility index (Phi) is 6.02. The van der Waals surface area contributed by atoms with E-state index in [-0.39, 0.29) is 42.8 Å². The maximum absolute atomic E-state index is 12.9. The van der Waals surface area contributed by atoms with Crippen LogP contribution in [0.2, 0.25) is 0 Å². The van der Waals surface area contributed by atoms with Crippen molar-refractivity contribution in [2.75, 3.05) is 27.3 Å². The molecule has 0 atom stereocenters. The van der Waals surface area contributed by atoms with Crippen molar-refractivity contribution >= 4 is 22.0 Å². The van der Waals surface area contributed by atoms with E-state index in [1.165, 1.54) is 36.7 Å². The molecule has 1 aromatic carbocycles. The first kappa shape index (κ1) is 19.2. The molecule has 2 rings (SSSR count). The van der Waals surface area contributed by atoms with Crippen molar-refractivity contribution in [3.63, 3.8) is 0 Å². The van der Waals surface area contributed by atoms with Gasteiger partial charge in [0.05, 0.1) is 31.5 Å². The second-order valence-corrected chi connectivity index (χ2v) is 7.65. The number of methoxy groups -OCH3 is 2. The molecule has 0 saturated carbocycles. The molecule has 1 saturated heterocycles. The van der Waals surface area contributed by atoms with Crippen LogP contribution >= 0.6 is 0 Å². The normalized spacial score (nSPS) is 16.4. The van der Waals surface area contributed by atoms with Crippen molar-refractivity contribution in [1.29, 1.82) is 0 Å². The molecule has 1 aliphatic rings. The Bertz CT molecular complexity index is 752. The Labute approximate surface area is 146 Å². The Morgan fingerprint density at radius 2 is 1.88 bits per heavy atom. The minimum absolute atomic E-state index is 0.00692. The predicted octanol–water partition coefficient (Wildman–Crippen LogP) is 0.896. The Balaban J connectivity index is 2.32. The van der Waals surface area contributed by atoms with Crippen LogP contribution in [0.5, 0.6) is 5.75 Å². The minimum Gasteiger partial charge on any atom is -0.497 e. The van der Waals surface area contributed by atoms with Gasteiger partial charge in [0.15, 0.2) is 0 Å². The highest BCUT2D eigenvalue weighted by atomic mass is 32.2. The number of rotatable bonds is 6. The fraction of sp³-hybridized carbons (Fsp3) is 0.500. The first-order valence-electron chi connectivity index (χ1n) is 7.76. The number of piperidine rings is 1. The van der Waals surface area contributed by atoms with Gasteiger partial charge in [-0.3, -0.25) is 9.59 Å². The van der Waals surface area contributed by atoms with Crippen molar-refractivity contribution < 1.29 is 32.6 Å². The molecule has 25 heavy (non-hydrogen) atoms. The van der Waals surface area contributed by atoms with Crippen LogP contribution in [-0.2, 0) is 30.8 Å². The van der Waals surface area contributed by atoms with Crippen molar-refractivity contribution in [1.82, 2.24) is 4.31 Å². The van der Waals surface area contributed by atoms with E-state index in [1.54, 1.807) is 0 Å². The highest BCUT2D eigenvalue weighted by Crippen LogP contribution is 2.28. The second-order valence-electron chi connectivity index (χ2n) is 5.74. The van der Waals surface area contributed by atoms with Gasteiger partial charge in [0.25, 0.3) is 0 Å². The molecular weight excluding hydrogens is 350 g/mol. The molecule has 0 aliphatic carbocycles. The lowest BCUT2D eigenvalue weighted by atomic mass is 9.99. The summed E-state index contributed by atoms with van der Waals surface area (Å²) in [4.78, 5) is 22.7. The number of benzene rings is 1. The van der Waals surface area contributed by atoms with E-state index < -0.39 is 27.9 Å². The number of aliphatic carboxylic acids is 1. The zero-order chi connectivity index (χ0) is 18.6. The number of hydrogen-bond donors (Lipinski definition) is 1. The molecule has 1 aromatic rings. The van der Waals surface area contributed by atoms with E-state index in [0.29, 0.717) is 5.75 Å². The lowest BCUT2D eigenvalue weighted by Crippen LogP contribution is -2.40. The first-order chi connectivity index (χ1) is 11.8. The number of carboxylic acids is 1. The number of hydrogen-bond acceptors (Lipinski definition) is 6. The van der Waals surface area contributed by atoms with Crippen molar-refractivity contribution in [2.24, 2.45) is 5.92 Å². The Morgan fingerprint density at radius 3 is 2.40 bits per heavy atom. The molecule has 0 radical (unpaired) electrons. The number of carbonyl (C=O) groups is 2. The summed E-state index contributed by atoms with van der Waals surface area (Å²) in [6.45, 7) is 0.256. The topological polar surface area (TPSA) is 110 Å². The molecule has 1 aliphatic heterocycles. The highest BCUT2D eigenvalue weighted by molar-refractivity contribution is 7.89. The summed E-state index contributed by atoms with van der Waals surface area (Å²) in [5, 5.41) is 9.04. The third-order valence-corrected chi connectivity index (χ3v) is 6.25. The zero-order valence-corrected chi connectivity index (χ0v) is 14.9. The van der Waals surface area contributed by atoms with Gasteiger partial charge in [-0.15, -0.1) is 0 Å². The molecule has 0 aromatic heterocycles. The monoisotopic (exact) mass is 371 g/mol. The summed E-state index contributed by atoms with van der Waals surface area (Å²) >= 11 is 0. The van der Waals surface area contributed by atoms with Crippen LogP contribution in [0.4, 0.5) is 0 Å². The van der Waals surface area contributed by atoms with Crippen LogP contribution in [0.15, 0.2) is 23.1 Å². The summed E-state index contributed by atoms with van der Waals surface area (Å²) in [7, 11) is -1.17. The summed E-state index contributed by atoms with van der Waals surface area (Å²) in [5.41, 5.74) is 0.284. The first-order valence-corrected chi connectivity index (χ1v) is 9.20. The van der Waals surface area contributed by atoms with Crippen LogP contribution in [0.25, 0.3) is 0 Å². The summed E-state index contributed by atoms with van der Waals surface area (Å²) in [6, 6.07) is 4.40. The van der Waals surface area contributed by atoms with E-state index in [9.17, 15) is 18.0 Å². The third-order valence-electron chi connectivity index (χ3n) is 4.25. The number of carbonyl (C=O) groups excluding carboxylic acids is 1. The van der Waals surface area contributed by atoms with Crippen LogP contribution in [0, 0.1) is 5.92 Å². The lowest BCUT2D eigenvalue weighted by Gasteiger charge is -2.30. The molecular formula is C16H21NO7S. The smallest absolute Gasteiger partial charge is 0.310 e. The van der Waals surface area contributed by atoms with Crippen LogP contribution in [-0.4, -0.2) is 57.1 Å². The van der Waals surface area contributed by atoms with E-state index in [2.05, 4.69) is 4.74 Å². The lowest BCUT2D eigenvalue weighted by molar-refractivity contribution is -0.143. The molecule has 1 N–H and O–H groups in total. The minimum atomic E-state index is -3.84. The predicted molar refractivity (Wildman–Crippen MR) is 87.8 cm³/mol. The average Bonchev–Trinajstić information content (AvgIpc) is 2.61. The van der Waals surface area contributed by atoms with Crippen molar-refractivity contribution in [3.05, 3.63) is 23.8 Å². The maximum atomic E-state index is 12.9. The van der Waals surface area contributed by atoms with Gasteiger partial charge in [-0.2, -0.15) is 4.31 Å². The van der Waals surface area contributed by atoms with E-state index in [1.807, 2.05) is 0 Å². The van der Waals surface area contributed by atoms with E-state index in [4.69, 9.17) is 9.84 Å². The second kappa shape index (κ2) is 7.83. The molecule has 0 spiro atoms. The number of esters is 1. The Morgan fingerprint density at radius 1 is 1.24 bits per heavy atom. The zero-order valence-electron chi connectivity index (χ0n) is 14.1. The molecule has 1 heterocycles. The van der Waals surface area contributed by atoms with Gasteiger partial charge in [0, 0.05) is 13.1 Å². The van der Waals surface area contributed by atoms with Crippen LogP contribution in [0.3, 0.4) is 0 Å². The number of carboxylic acid groups (broad SMARTS) is 1. The van der Waals surface area contributed by atoms with Gasteiger partial charge in [-0.25, -0.2) is 8.42 Å². The molecule has 0 unspecified atom stereocenters.